The van der Waals surface area contributed by atoms with Crippen LogP contribution in [0, 0.1) is 29.6 Å². The molecule has 1 saturated carbocycles. The number of nitrogens with zero attached hydrogens (tertiary/aromatic N) is 4. The lowest BCUT2D eigenvalue weighted by molar-refractivity contribution is -0.124. The van der Waals surface area contributed by atoms with Gasteiger partial charge in [0.25, 0.3) is 0 Å². The van der Waals surface area contributed by atoms with Gasteiger partial charge in [0.2, 0.25) is 5.91 Å². The van der Waals surface area contributed by atoms with Crippen molar-refractivity contribution >= 4 is 23.3 Å². The molecular formula is C22H25ClN6O. The van der Waals surface area contributed by atoms with Crippen LogP contribution in [0.2, 0.25) is 5.02 Å². The van der Waals surface area contributed by atoms with Crippen molar-refractivity contribution in [3.63, 3.8) is 0 Å². The van der Waals surface area contributed by atoms with E-state index in [1.807, 2.05) is 25.1 Å². The van der Waals surface area contributed by atoms with E-state index in [0.29, 0.717) is 36.2 Å². The van der Waals surface area contributed by atoms with E-state index >= 15 is 0 Å². The Hall–Kier alpha value is -2.69. The second-order valence-corrected chi connectivity index (χ2v) is 8.63. The SMILES string of the molecule is Cc1ccc(-c2ncc(CNC(=O)C3(C#N)CC3)c(N3CCC(CN)C3)n2)cc1Cl. The third kappa shape index (κ3) is 3.98. The summed E-state index contributed by atoms with van der Waals surface area (Å²) in [5.41, 5.74) is 7.69. The fraction of sp³-hybridized carbons (Fsp3) is 0.455. The zero-order valence-corrected chi connectivity index (χ0v) is 17.7. The highest BCUT2D eigenvalue weighted by molar-refractivity contribution is 6.31. The fourth-order valence-electron chi connectivity index (χ4n) is 3.74. The molecule has 2 fully saturated rings. The molecule has 2 aromatic rings. The number of nitriles is 1. The van der Waals surface area contributed by atoms with E-state index in [4.69, 9.17) is 22.3 Å². The number of benzene rings is 1. The van der Waals surface area contributed by atoms with E-state index in [0.717, 1.165) is 42.0 Å². The molecule has 3 N–H and O–H groups in total. The van der Waals surface area contributed by atoms with E-state index in [1.165, 1.54) is 0 Å². The van der Waals surface area contributed by atoms with Crippen molar-refractivity contribution in [2.45, 2.75) is 32.7 Å². The number of rotatable bonds is 6. The van der Waals surface area contributed by atoms with E-state index in [1.54, 1.807) is 6.20 Å². The average molecular weight is 425 g/mol. The number of halogens is 1. The van der Waals surface area contributed by atoms with Crippen molar-refractivity contribution in [2.24, 2.45) is 17.1 Å². The topological polar surface area (TPSA) is 108 Å². The molecule has 1 atom stereocenters. The molecule has 1 aliphatic carbocycles. The standard InChI is InChI=1S/C22H25ClN6O/c1-14-2-3-16(8-18(14)23)19-26-10-17(11-27-21(30)22(13-25)5-6-22)20(28-19)29-7-4-15(9-24)12-29/h2-3,8,10,15H,4-7,9,11-12,24H2,1H3,(H,27,30). The van der Waals surface area contributed by atoms with Crippen LogP contribution < -0.4 is 16.0 Å². The first kappa shape index (κ1) is 20.6. The van der Waals surface area contributed by atoms with Gasteiger partial charge in [-0.25, -0.2) is 9.97 Å². The molecule has 8 heteroatoms. The maximum absolute atomic E-state index is 12.4. The van der Waals surface area contributed by atoms with Crippen molar-refractivity contribution in [3.8, 4) is 17.5 Å². The molecule has 7 nitrogen and oxygen atoms in total. The highest BCUT2D eigenvalue weighted by Gasteiger charge is 2.50. The van der Waals surface area contributed by atoms with Gasteiger partial charge in [-0.05, 0) is 50.3 Å². The van der Waals surface area contributed by atoms with Crippen molar-refractivity contribution < 1.29 is 4.79 Å². The van der Waals surface area contributed by atoms with Crippen LogP contribution in [0.4, 0.5) is 5.82 Å². The normalized spacial score (nSPS) is 19.4. The molecule has 1 aromatic carbocycles. The van der Waals surface area contributed by atoms with Gasteiger partial charge < -0.3 is 16.0 Å². The predicted molar refractivity (Wildman–Crippen MR) is 116 cm³/mol. The van der Waals surface area contributed by atoms with Crippen LogP contribution in [0.3, 0.4) is 0 Å². The maximum Gasteiger partial charge on any atom is 0.240 e. The van der Waals surface area contributed by atoms with E-state index in [2.05, 4.69) is 21.3 Å². The number of hydrogen-bond acceptors (Lipinski definition) is 6. The van der Waals surface area contributed by atoms with Crippen LogP contribution in [0.1, 0.15) is 30.4 Å². The zero-order valence-electron chi connectivity index (χ0n) is 17.0. The maximum atomic E-state index is 12.4. The second-order valence-electron chi connectivity index (χ2n) is 8.22. The quantitative estimate of drug-likeness (QED) is 0.738. The molecular weight excluding hydrogens is 400 g/mol. The summed E-state index contributed by atoms with van der Waals surface area (Å²) in [7, 11) is 0. The summed E-state index contributed by atoms with van der Waals surface area (Å²) >= 11 is 6.29. The van der Waals surface area contributed by atoms with Gasteiger partial charge in [-0.1, -0.05) is 23.7 Å². The Labute approximate surface area is 181 Å². The molecule has 0 bridgehead atoms. The molecule has 2 heterocycles. The van der Waals surface area contributed by atoms with Crippen LogP contribution in [0.5, 0.6) is 0 Å². The summed E-state index contributed by atoms with van der Waals surface area (Å²) in [4.78, 5) is 24.0. The van der Waals surface area contributed by atoms with Crippen LogP contribution in [0.25, 0.3) is 11.4 Å². The van der Waals surface area contributed by atoms with Gasteiger partial charge in [0.05, 0.1) is 6.07 Å². The number of amides is 1. The Morgan fingerprint density at radius 2 is 2.27 bits per heavy atom. The highest BCUT2D eigenvalue weighted by atomic mass is 35.5. The molecule has 1 unspecified atom stereocenters. The van der Waals surface area contributed by atoms with Gasteiger partial charge in [0, 0.05) is 42.0 Å². The average Bonchev–Trinajstić information content (AvgIpc) is 3.43. The lowest BCUT2D eigenvalue weighted by Crippen LogP contribution is -2.32. The van der Waals surface area contributed by atoms with E-state index in [-0.39, 0.29) is 12.5 Å². The van der Waals surface area contributed by atoms with Crippen molar-refractivity contribution in [1.82, 2.24) is 15.3 Å². The molecule has 2 aliphatic rings. The first-order valence-corrected chi connectivity index (χ1v) is 10.6. The molecule has 4 rings (SSSR count). The van der Waals surface area contributed by atoms with Gasteiger partial charge in [-0.2, -0.15) is 5.26 Å². The van der Waals surface area contributed by atoms with Gasteiger partial charge in [0.15, 0.2) is 5.82 Å². The smallest absolute Gasteiger partial charge is 0.240 e. The van der Waals surface area contributed by atoms with Crippen LogP contribution in [-0.4, -0.2) is 35.5 Å². The number of carbonyl (C=O) groups excluding carboxylic acids is 1. The minimum atomic E-state index is -0.849. The summed E-state index contributed by atoms with van der Waals surface area (Å²) in [6.45, 7) is 4.56. The predicted octanol–water partition coefficient (Wildman–Crippen LogP) is 2.81. The fourth-order valence-corrected chi connectivity index (χ4v) is 3.92. The third-order valence-corrected chi connectivity index (χ3v) is 6.44. The first-order chi connectivity index (χ1) is 14.5. The molecule has 1 saturated heterocycles. The summed E-state index contributed by atoms with van der Waals surface area (Å²) in [6.07, 6.45) is 4.01. The number of anilines is 1. The molecule has 1 amide bonds. The Kier molecular flexibility index (Phi) is 5.63. The first-order valence-electron chi connectivity index (χ1n) is 10.2. The van der Waals surface area contributed by atoms with Crippen molar-refractivity contribution in [2.75, 3.05) is 24.5 Å². The van der Waals surface area contributed by atoms with Crippen molar-refractivity contribution in [3.05, 3.63) is 40.5 Å². The Morgan fingerprint density at radius 1 is 1.47 bits per heavy atom. The summed E-state index contributed by atoms with van der Waals surface area (Å²) in [6, 6.07) is 7.91. The summed E-state index contributed by atoms with van der Waals surface area (Å²) in [5, 5.41) is 12.8. The Bertz CT molecular complexity index is 1010. The number of nitrogens with two attached hydrogens (primary N) is 1. The van der Waals surface area contributed by atoms with Gasteiger partial charge >= 0.3 is 0 Å². The molecule has 30 heavy (non-hydrogen) atoms. The molecule has 0 spiro atoms. The highest BCUT2D eigenvalue weighted by Crippen LogP contribution is 2.45. The van der Waals surface area contributed by atoms with Gasteiger partial charge in [-0.3, -0.25) is 4.79 Å². The van der Waals surface area contributed by atoms with E-state index in [9.17, 15) is 10.1 Å². The Balaban J connectivity index is 1.62. The van der Waals surface area contributed by atoms with Gasteiger partial charge in [-0.15, -0.1) is 0 Å². The summed E-state index contributed by atoms with van der Waals surface area (Å²) < 4.78 is 0. The lowest BCUT2D eigenvalue weighted by atomic mass is 10.1. The number of aromatic nitrogens is 2. The molecule has 0 radical (unpaired) electrons. The number of carbonyl (C=O) groups is 1. The molecule has 156 valence electrons. The lowest BCUT2D eigenvalue weighted by Gasteiger charge is -2.22. The molecule has 1 aliphatic heterocycles. The number of hydrogen-bond donors (Lipinski definition) is 2. The molecule has 1 aromatic heterocycles. The summed E-state index contributed by atoms with van der Waals surface area (Å²) in [5.74, 6) is 1.60. The monoisotopic (exact) mass is 424 g/mol. The number of aryl methyl sites for hydroxylation is 1. The minimum Gasteiger partial charge on any atom is -0.356 e. The van der Waals surface area contributed by atoms with Crippen LogP contribution in [-0.2, 0) is 11.3 Å². The van der Waals surface area contributed by atoms with Crippen LogP contribution >= 0.6 is 11.6 Å². The third-order valence-electron chi connectivity index (χ3n) is 6.03. The van der Waals surface area contributed by atoms with E-state index < -0.39 is 5.41 Å². The second kappa shape index (κ2) is 8.21. The zero-order chi connectivity index (χ0) is 21.3. The van der Waals surface area contributed by atoms with Gasteiger partial charge in [0.1, 0.15) is 11.2 Å². The largest absolute Gasteiger partial charge is 0.356 e. The number of nitrogens with one attached hydrogen (secondary N) is 1. The minimum absolute atomic E-state index is 0.216. The van der Waals surface area contributed by atoms with Crippen LogP contribution in [0.15, 0.2) is 24.4 Å². The Morgan fingerprint density at radius 3 is 2.90 bits per heavy atom. The van der Waals surface area contributed by atoms with Crippen molar-refractivity contribution in [1.29, 1.82) is 5.26 Å².